The summed E-state index contributed by atoms with van der Waals surface area (Å²) in [7, 11) is 0. The van der Waals surface area contributed by atoms with E-state index in [9.17, 15) is 9.59 Å². The van der Waals surface area contributed by atoms with Gasteiger partial charge in [0, 0.05) is 19.5 Å². The maximum Gasteiger partial charge on any atom is 0.303 e. The summed E-state index contributed by atoms with van der Waals surface area (Å²) in [5.41, 5.74) is 5.18. The van der Waals surface area contributed by atoms with Crippen LogP contribution in [0.2, 0.25) is 0 Å². The van der Waals surface area contributed by atoms with E-state index in [4.69, 9.17) is 10.8 Å². The number of carboxylic acids is 1. The average molecular weight is 258 g/mol. The zero-order chi connectivity index (χ0) is 14.2. The molecule has 0 aliphatic rings. The van der Waals surface area contributed by atoms with Crippen molar-refractivity contribution in [2.45, 2.75) is 46.5 Å². The Hall–Kier alpha value is -1.10. The van der Waals surface area contributed by atoms with Crippen molar-refractivity contribution in [2.75, 3.05) is 13.1 Å². The lowest BCUT2D eigenvalue weighted by atomic mass is 9.81. The summed E-state index contributed by atoms with van der Waals surface area (Å²) < 4.78 is 0. The number of amides is 1. The Morgan fingerprint density at radius 3 is 2.17 bits per heavy atom. The molecule has 0 aromatic rings. The average Bonchev–Trinajstić information content (AvgIpc) is 2.36. The van der Waals surface area contributed by atoms with Crippen molar-refractivity contribution in [1.29, 1.82) is 0 Å². The first-order valence-electron chi connectivity index (χ1n) is 6.65. The second-order valence-electron chi connectivity index (χ2n) is 4.77. The summed E-state index contributed by atoms with van der Waals surface area (Å²) in [5.74, 6) is -0.901. The molecule has 0 radical (unpaired) electrons. The molecule has 0 spiro atoms. The standard InChI is InChI=1S/C13H26N2O3/c1-4-10(7-11(16)17)8-15-12(18)13(5-2,6-3)9-14/h10H,4-9,14H2,1-3H3,(H,15,18)(H,16,17). The molecule has 106 valence electrons. The normalized spacial score (nSPS) is 13.1. The summed E-state index contributed by atoms with van der Waals surface area (Å²) in [6.45, 7) is 6.55. The summed E-state index contributed by atoms with van der Waals surface area (Å²) in [4.78, 5) is 22.8. The maximum absolute atomic E-state index is 12.1. The number of rotatable bonds is 9. The van der Waals surface area contributed by atoms with Crippen LogP contribution in [-0.2, 0) is 9.59 Å². The third-order valence-electron chi connectivity index (χ3n) is 3.82. The predicted molar refractivity (Wildman–Crippen MR) is 71.1 cm³/mol. The number of hydrogen-bond donors (Lipinski definition) is 3. The highest BCUT2D eigenvalue weighted by atomic mass is 16.4. The van der Waals surface area contributed by atoms with Gasteiger partial charge < -0.3 is 16.2 Å². The van der Waals surface area contributed by atoms with Crippen molar-refractivity contribution >= 4 is 11.9 Å². The Labute approximate surface area is 109 Å². The largest absolute Gasteiger partial charge is 0.481 e. The highest BCUT2D eigenvalue weighted by Gasteiger charge is 2.33. The van der Waals surface area contributed by atoms with Crippen molar-refractivity contribution in [1.82, 2.24) is 5.32 Å². The minimum absolute atomic E-state index is 0.0179. The Kier molecular flexibility index (Phi) is 7.59. The molecule has 0 aliphatic heterocycles. The first-order valence-corrected chi connectivity index (χ1v) is 6.65. The van der Waals surface area contributed by atoms with E-state index in [1.165, 1.54) is 0 Å². The molecule has 5 heteroatoms. The lowest BCUT2D eigenvalue weighted by Gasteiger charge is -2.29. The van der Waals surface area contributed by atoms with Crippen LogP contribution in [0.25, 0.3) is 0 Å². The SMILES string of the molecule is CCC(CNC(=O)C(CC)(CC)CN)CC(=O)O. The Morgan fingerprint density at radius 1 is 1.28 bits per heavy atom. The van der Waals surface area contributed by atoms with Gasteiger partial charge in [-0.15, -0.1) is 0 Å². The molecule has 1 atom stereocenters. The van der Waals surface area contributed by atoms with E-state index < -0.39 is 11.4 Å². The second-order valence-corrected chi connectivity index (χ2v) is 4.77. The van der Waals surface area contributed by atoms with Gasteiger partial charge in [0.25, 0.3) is 0 Å². The van der Waals surface area contributed by atoms with Crippen molar-refractivity contribution in [3.05, 3.63) is 0 Å². The van der Waals surface area contributed by atoms with Crippen LogP contribution in [0.1, 0.15) is 46.5 Å². The number of carbonyl (C=O) groups is 2. The van der Waals surface area contributed by atoms with Gasteiger partial charge in [-0.3, -0.25) is 9.59 Å². The number of hydrogen-bond acceptors (Lipinski definition) is 3. The molecule has 0 saturated heterocycles. The molecule has 1 unspecified atom stereocenters. The molecule has 0 bridgehead atoms. The zero-order valence-electron chi connectivity index (χ0n) is 11.7. The number of aliphatic carboxylic acids is 1. The molecule has 0 aromatic carbocycles. The van der Waals surface area contributed by atoms with Crippen LogP contribution < -0.4 is 11.1 Å². The first kappa shape index (κ1) is 16.9. The monoisotopic (exact) mass is 258 g/mol. The fraction of sp³-hybridized carbons (Fsp3) is 0.846. The lowest BCUT2D eigenvalue weighted by molar-refractivity contribution is -0.138. The quantitative estimate of drug-likeness (QED) is 0.582. The molecule has 5 nitrogen and oxygen atoms in total. The molecule has 0 fully saturated rings. The van der Waals surface area contributed by atoms with Crippen LogP contribution in [0, 0.1) is 11.3 Å². The van der Waals surface area contributed by atoms with Gasteiger partial charge in [0.1, 0.15) is 0 Å². The van der Waals surface area contributed by atoms with Gasteiger partial charge in [0.15, 0.2) is 0 Å². The zero-order valence-corrected chi connectivity index (χ0v) is 11.7. The van der Waals surface area contributed by atoms with Gasteiger partial charge in [0.2, 0.25) is 5.91 Å². The first-order chi connectivity index (χ1) is 8.45. The van der Waals surface area contributed by atoms with E-state index >= 15 is 0 Å². The van der Waals surface area contributed by atoms with Crippen LogP contribution in [0.15, 0.2) is 0 Å². The summed E-state index contributed by atoms with van der Waals surface area (Å²) in [5, 5.41) is 11.6. The predicted octanol–water partition coefficient (Wildman–Crippen LogP) is 1.37. The Morgan fingerprint density at radius 2 is 1.83 bits per heavy atom. The van der Waals surface area contributed by atoms with Gasteiger partial charge in [-0.1, -0.05) is 27.2 Å². The van der Waals surface area contributed by atoms with Crippen molar-refractivity contribution in [3.8, 4) is 0 Å². The molecular weight excluding hydrogens is 232 g/mol. The maximum atomic E-state index is 12.1. The fourth-order valence-electron chi connectivity index (χ4n) is 1.98. The molecule has 18 heavy (non-hydrogen) atoms. The molecule has 0 saturated carbocycles. The highest BCUT2D eigenvalue weighted by Crippen LogP contribution is 2.25. The number of carboxylic acid groups (broad SMARTS) is 1. The van der Waals surface area contributed by atoms with E-state index in [0.29, 0.717) is 25.9 Å². The smallest absolute Gasteiger partial charge is 0.303 e. The van der Waals surface area contributed by atoms with E-state index in [-0.39, 0.29) is 18.2 Å². The van der Waals surface area contributed by atoms with E-state index in [1.807, 2.05) is 20.8 Å². The van der Waals surface area contributed by atoms with Gasteiger partial charge in [-0.05, 0) is 18.8 Å². The van der Waals surface area contributed by atoms with Crippen molar-refractivity contribution in [3.63, 3.8) is 0 Å². The van der Waals surface area contributed by atoms with Crippen LogP contribution >= 0.6 is 0 Å². The van der Waals surface area contributed by atoms with Crippen molar-refractivity contribution in [2.24, 2.45) is 17.1 Å². The van der Waals surface area contributed by atoms with E-state index in [0.717, 1.165) is 6.42 Å². The molecule has 0 aromatic heterocycles. The van der Waals surface area contributed by atoms with E-state index in [1.54, 1.807) is 0 Å². The fourth-order valence-corrected chi connectivity index (χ4v) is 1.98. The minimum Gasteiger partial charge on any atom is -0.481 e. The number of nitrogens with two attached hydrogens (primary N) is 1. The molecule has 0 heterocycles. The third kappa shape index (κ3) is 4.64. The van der Waals surface area contributed by atoms with Crippen LogP contribution in [0.5, 0.6) is 0 Å². The lowest BCUT2D eigenvalue weighted by Crippen LogP contribution is -2.46. The molecule has 0 rings (SSSR count). The molecular formula is C13H26N2O3. The molecule has 0 aliphatic carbocycles. The van der Waals surface area contributed by atoms with E-state index in [2.05, 4.69) is 5.32 Å². The summed E-state index contributed by atoms with van der Waals surface area (Å²) >= 11 is 0. The third-order valence-corrected chi connectivity index (χ3v) is 3.82. The molecule has 4 N–H and O–H groups in total. The van der Waals surface area contributed by atoms with Crippen LogP contribution in [-0.4, -0.2) is 30.1 Å². The second kappa shape index (κ2) is 8.08. The van der Waals surface area contributed by atoms with Crippen LogP contribution in [0.4, 0.5) is 0 Å². The Balaban J connectivity index is 4.42. The topological polar surface area (TPSA) is 92.4 Å². The summed E-state index contributed by atoms with van der Waals surface area (Å²) in [6.07, 6.45) is 2.22. The van der Waals surface area contributed by atoms with Gasteiger partial charge in [-0.2, -0.15) is 0 Å². The number of carbonyl (C=O) groups excluding carboxylic acids is 1. The van der Waals surface area contributed by atoms with Gasteiger partial charge in [-0.25, -0.2) is 0 Å². The number of nitrogens with one attached hydrogen (secondary N) is 1. The van der Waals surface area contributed by atoms with Gasteiger partial charge >= 0.3 is 5.97 Å². The summed E-state index contributed by atoms with van der Waals surface area (Å²) in [6, 6.07) is 0. The molecule has 1 amide bonds. The van der Waals surface area contributed by atoms with Gasteiger partial charge in [0.05, 0.1) is 5.41 Å². The van der Waals surface area contributed by atoms with Crippen LogP contribution in [0.3, 0.4) is 0 Å². The highest BCUT2D eigenvalue weighted by molar-refractivity contribution is 5.82. The van der Waals surface area contributed by atoms with Crippen molar-refractivity contribution < 1.29 is 14.7 Å². The Bertz CT molecular complexity index is 267. The minimum atomic E-state index is -0.827.